The molecule has 4 aromatic heterocycles. The Hall–Kier alpha value is -7.52. The van der Waals surface area contributed by atoms with Crippen molar-refractivity contribution in [2.45, 2.75) is 97.7 Å². The number of benzene rings is 2. The first-order chi connectivity index (χ1) is 35.6. The maximum Gasteiger partial charge on any atom is 0.335 e. The predicted molar refractivity (Wildman–Crippen MR) is 285 cm³/mol. The largest absolute Gasteiger partial charge is 0.479 e. The molecule has 20 nitrogen and oxygen atoms in total. The fraction of sp³-hybridized carbons (Fsp3) is 0.418. The minimum absolute atomic E-state index is 0.0163. The summed E-state index contributed by atoms with van der Waals surface area (Å²) in [6.07, 6.45) is 5.86. The Morgan fingerprint density at radius 1 is 0.507 bits per heavy atom. The molecule has 0 fully saturated rings. The lowest BCUT2D eigenvalue weighted by Gasteiger charge is -2.11. The van der Waals surface area contributed by atoms with Gasteiger partial charge in [0.25, 0.3) is 0 Å². The second kappa shape index (κ2) is 31.3. The summed E-state index contributed by atoms with van der Waals surface area (Å²) in [7, 11) is 7.12. The van der Waals surface area contributed by atoms with E-state index in [4.69, 9.17) is 40.6 Å². The van der Waals surface area contributed by atoms with Crippen LogP contribution in [0.15, 0.2) is 85.2 Å². The van der Waals surface area contributed by atoms with Crippen LogP contribution in [0.25, 0.3) is 33.8 Å². The number of hydrogen-bond donors (Lipinski definition) is 8. The van der Waals surface area contributed by atoms with E-state index in [1.807, 2.05) is 59.3 Å². The van der Waals surface area contributed by atoms with E-state index in [9.17, 15) is 28.8 Å². The highest BCUT2D eigenvalue weighted by Crippen LogP contribution is 2.28. The zero-order valence-corrected chi connectivity index (χ0v) is 44.2. The van der Waals surface area contributed by atoms with Gasteiger partial charge >= 0.3 is 11.9 Å². The molecule has 0 radical (unpaired) electrons. The Morgan fingerprint density at radius 3 is 1.13 bits per heavy atom. The molecule has 4 amide bonds. The first kappa shape index (κ1) is 61.8. The van der Waals surface area contributed by atoms with Crippen LogP contribution in [0.2, 0.25) is 0 Å². The summed E-state index contributed by atoms with van der Waals surface area (Å²) in [6.45, 7) is 8.81. The number of nitrogens with one attached hydrogen (secondary N) is 2. The maximum atomic E-state index is 12.3. The van der Waals surface area contributed by atoms with E-state index in [-0.39, 0.29) is 36.8 Å². The molecular weight excluding hydrogens is 965 g/mol. The number of likely N-dealkylation sites (N-methyl/N-ethyl adjacent to an activating group) is 2. The number of nitrogens with zero attached hydrogens (tertiary/aromatic N) is 6. The van der Waals surface area contributed by atoms with Crippen molar-refractivity contribution in [2.24, 2.45) is 0 Å². The number of amides is 4. The summed E-state index contributed by atoms with van der Waals surface area (Å²) in [5.41, 5.74) is 12.2. The fourth-order valence-corrected chi connectivity index (χ4v) is 7.16. The van der Waals surface area contributed by atoms with Crippen LogP contribution in [-0.4, -0.2) is 161 Å². The lowest BCUT2D eigenvalue weighted by Crippen LogP contribution is -2.39. The molecule has 2 atom stereocenters. The third-order valence-electron chi connectivity index (χ3n) is 11.5. The van der Waals surface area contributed by atoms with Gasteiger partial charge in [0.2, 0.25) is 23.6 Å². The van der Waals surface area contributed by atoms with Crippen LogP contribution >= 0.6 is 0 Å². The number of carboxylic acids is 2. The minimum Gasteiger partial charge on any atom is -0.479 e. The van der Waals surface area contributed by atoms with Gasteiger partial charge in [0.05, 0.1) is 48.8 Å². The molecule has 0 spiro atoms. The van der Waals surface area contributed by atoms with Crippen molar-refractivity contribution in [1.82, 2.24) is 39.2 Å². The topological polar surface area (TPSA) is 289 Å². The SMILES string of the molecule is Cc1ccc(-c2nc3ccc(C)cn3c2CC(=O)N(C)C)cc1.Cc1ccc(-c2nc3ccc(C)cn3c2CC(=O)N(C)C)cc1.O=C(CCCCCCCC(=O)NCCO)NCCO.O=C(O)C(O)C(O)C(=O)O. The Bertz CT molecular complexity index is 2620. The van der Waals surface area contributed by atoms with Crippen LogP contribution in [0.1, 0.15) is 78.6 Å². The molecule has 2 unspecified atom stereocenters. The number of imidazole rings is 2. The van der Waals surface area contributed by atoms with Crippen molar-refractivity contribution >= 4 is 46.9 Å². The number of fused-ring (bicyclic) bond motifs is 2. The van der Waals surface area contributed by atoms with E-state index in [0.29, 0.717) is 38.8 Å². The normalized spacial score (nSPS) is 11.4. The van der Waals surface area contributed by atoms with Crippen molar-refractivity contribution in [2.75, 3.05) is 54.5 Å². The maximum absolute atomic E-state index is 12.3. The van der Waals surface area contributed by atoms with Crippen LogP contribution in [0.5, 0.6) is 0 Å². The molecule has 6 aromatic rings. The molecule has 8 N–H and O–H groups in total. The number of carbonyl (C=O) groups excluding carboxylic acids is 4. The second-order valence-corrected chi connectivity index (χ2v) is 18.3. The van der Waals surface area contributed by atoms with Gasteiger partial charge in [0.15, 0.2) is 12.2 Å². The highest BCUT2D eigenvalue weighted by Gasteiger charge is 2.29. The molecule has 406 valence electrons. The quantitative estimate of drug-likeness (QED) is 0.0467. The van der Waals surface area contributed by atoms with Gasteiger partial charge in [0.1, 0.15) is 11.3 Å². The Labute approximate surface area is 437 Å². The van der Waals surface area contributed by atoms with Gasteiger partial charge in [0, 0.05) is 77.6 Å². The van der Waals surface area contributed by atoms with E-state index in [1.54, 1.807) is 38.0 Å². The summed E-state index contributed by atoms with van der Waals surface area (Å²) in [4.78, 5) is 79.2. The molecule has 75 heavy (non-hydrogen) atoms. The molecule has 2 aromatic carbocycles. The van der Waals surface area contributed by atoms with E-state index in [0.717, 1.165) is 88.4 Å². The summed E-state index contributed by atoms with van der Waals surface area (Å²) >= 11 is 0. The smallest absolute Gasteiger partial charge is 0.335 e. The lowest BCUT2D eigenvalue weighted by atomic mass is 10.1. The predicted octanol–water partition coefficient (Wildman–Crippen LogP) is 4.31. The minimum atomic E-state index is -2.27. The van der Waals surface area contributed by atoms with E-state index in [1.165, 1.54) is 11.1 Å². The Morgan fingerprint density at radius 2 is 0.827 bits per heavy atom. The average Bonchev–Trinajstić information content (AvgIpc) is 3.91. The standard InChI is InChI=1S/2C19H21N3O.C13H26N2O4.C4H6O6/c2*1-13-5-8-15(9-6-13)19-16(11-18(23)21(3)4)22-12-14(2)7-10-17(22)20-19;16-10-8-14-12(18)6-4-2-1-3-5-7-13(19)15-9-11-17;5-1(3(7)8)2(6)4(9)10/h2*5-10,12H,11H2,1-4H3;16-17H,1-11H2,(H,14,18)(H,15,19);1-2,5-6H,(H,7,8)(H,9,10). The van der Waals surface area contributed by atoms with Crippen LogP contribution in [0, 0.1) is 27.7 Å². The summed E-state index contributed by atoms with van der Waals surface area (Å²) in [6, 6.07) is 24.6. The molecule has 6 rings (SSSR count). The number of pyridine rings is 2. The molecule has 0 saturated heterocycles. The molecule has 0 aliphatic carbocycles. The lowest BCUT2D eigenvalue weighted by molar-refractivity contribution is -0.165. The first-order valence-corrected chi connectivity index (χ1v) is 24.6. The number of aliphatic carboxylic acids is 2. The van der Waals surface area contributed by atoms with Crippen molar-refractivity contribution in [3.8, 4) is 22.5 Å². The van der Waals surface area contributed by atoms with Crippen LogP contribution in [0.4, 0.5) is 0 Å². The number of unbranched alkanes of at least 4 members (excludes halogenated alkanes) is 4. The second-order valence-electron chi connectivity index (χ2n) is 18.3. The number of hydrogen-bond acceptors (Lipinski definition) is 12. The van der Waals surface area contributed by atoms with Gasteiger partial charge in [-0.1, -0.05) is 91.1 Å². The third-order valence-corrected chi connectivity index (χ3v) is 11.5. The molecule has 0 bridgehead atoms. The van der Waals surface area contributed by atoms with E-state index < -0.39 is 24.1 Å². The summed E-state index contributed by atoms with van der Waals surface area (Å²) < 4.78 is 4.07. The monoisotopic (exact) mass is 1040 g/mol. The van der Waals surface area contributed by atoms with E-state index >= 15 is 0 Å². The van der Waals surface area contributed by atoms with Gasteiger partial charge in [-0.15, -0.1) is 0 Å². The average molecular weight is 1040 g/mol. The van der Waals surface area contributed by atoms with Crippen LogP contribution < -0.4 is 10.6 Å². The number of rotatable bonds is 21. The molecule has 4 heterocycles. The Kier molecular flexibility index (Phi) is 25.8. The summed E-state index contributed by atoms with van der Waals surface area (Å²) in [5, 5.41) is 54.8. The molecule has 0 saturated carbocycles. The van der Waals surface area contributed by atoms with Crippen molar-refractivity contribution in [1.29, 1.82) is 0 Å². The number of aromatic nitrogens is 4. The third kappa shape index (κ3) is 20.4. The van der Waals surface area contributed by atoms with Crippen LogP contribution in [-0.2, 0) is 41.6 Å². The van der Waals surface area contributed by atoms with Crippen molar-refractivity contribution in [3.63, 3.8) is 0 Å². The highest BCUT2D eigenvalue weighted by atomic mass is 16.4. The zero-order chi connectivity index (χ0) is 55.8. The highest BCUT2D eigenvalue weighted by molar-refractivity contribution is 5.84. The number of aliphatic hydroxyl groups excluding tert-OH is 4. The van der Waals surface area contributed by atoms with Gasteiger partial charge in [-0.3, -0.25) is 19.2 Å². The van der Waals surface area contributed by atoms with Gasteiger partial charge in [-0.05, 0) is 63.8 Å². The van der Waals surface area contributed by atoms with Crippen molar-refractivity contribution in [3.05, 3.63) is 119 Å². The number of aryl methyl sites for hydroxylation is 4. The molecule has 0 aliphatic rings. The zero-order valence-electron chi connectivity index (χ0n) is 44.2. The molecular formula is C55H74N8O12. The van der Waals surface area contributed by atoms with Crippen LogP contribution in [0.3, 0.4) is 0 Å². The van der Waals surface area contributed by atoms with Gasteiger partial charge in [-0.2, -0.15) is 0 Å². The number of carbonyl (C=O) groups is 6. The van der Waals surface area contributed by atoms with Gasteiger partial charge in [-0.25, -0.2) is 19.6 Å². The molecule has 0 aliphatic heterocycles. The Balaban J connectivity index is 0.000000274. The molecule has 20 heteroatoms. The fourth-order valence-electron chi connectivity index (χ4n) is 7.16. The van der Waals surface area contributed by atoms with E-state index in [2.05, 4.69) is 73.0 Å². The first-order valence-electron chi connectivity index (χ1n) is 24.6. The number of aliphatic hydroxyl groups is 4. The van der Waals surface area contributed by atoms with Crippen molar-refractivity contribution < 1.29 is 59.4 Å². The number of carboxylic acid groups (broad SMARTS) is 2. The van der Waals surface area contributed by atoms with Gasteiger partial charge < -0.3 is 59.9 Å². The summed E-state index contributed by atoms with van der Waals surface area (Å²) in [5.74, 6) is -3.43.